The van der Waals surface area contributed by atoms with Gasteiger partial charge in [-0.3, -0.25) is 0 Å². The number of nitrogens with one attached hydrogen (secondary N) is 1. The predicted octanol–water partition coefficient (Wildman–Crippen LogP) is 3.18. The molecular formula is C21H26N2O6S. The topological polar surface area (TPSA) is 94.2 Å². The van der Waals surface area contributed by atoms with E-state index < -0.39 is 15.1 Å². The molecule has 0 atom stereocenters. The van der Waals surface area contributed by atoms with Gasteiger partial charge in [0.2, 0.25) is 0 Å². The predicted molar refractivity (Wildman–Crippen MR) is 113 cm³/mol. The van der Waals surface area contributed by atoms with E-state index in [1.165, 1.54) is 14.2 Å². The van der Waals surface area contributed by atoms with Crippen molar-refractivity contribution in [3.63, 3.8) is 0 Å². The Balaban J connectivity index is 1.62. The van der Waals surface area contributed by atoms with Gasteiger partial charge in [0.1, 0.15) is 17.2 Å². The second-order valence-electron chi connectivity index (χ2n) is 6.90. The van der Waals surface area contributed by atoms with Gasteiger partial charge in [0, 0.05) is 19.2 Å². The van der Waals surface area contributed by atoms with Crippen molar-refractivity contribution in [3.8, 4) is 17.2 Å². The molecule has 0 aliphatic carbocycles. The molecule has 9 heteroatoms. The van der Waals surface area contributed by atoms with Crippen LogP contribution in [0.5, 0.6) is 17.2 Å². The number of nitrogens with zero attached hydrogens (tertiary/aromatic N) is 1. The normalized spacial score (nSPS) is 14.8. The van der Waals surface area contributed by atoms with Crippen molar-refractivity contribution in [3.05, 3.63) is 42.5 Å². The van der Waals surface area contributed by atoms with Gasteiger partial charge in [0.25, 0.3) is 0 Å². The Labute approximate surface area is 176 Å². The first-order valence-electron chi connectivity index (χ1n) is 9.55. The third-order valence-corrected chi connectivity index (χ3v) is 7.48. The van der Waals surface area contributed by atoms with Crippen LogP contribution in [0.4, 0.5) is 10.5 Å². The standard InChI is InChI=1S/C21H26N2O6S/c1-27-15-4-7-17(8-5-15)30(25,26)18-10-12-23(13-11-18)21(24)22-19-9-6-16(28-2)14-20(19)29-3/h4-9,14,18H,10-13H2,1-3H3,(H,22,24). The second-order valence-corrected chi connectivity index (χ2v) is 9.13. The van der Waals surface area contributed by atoms with E-state index in [0.29, 0.717) is 48.9 Å². The lowest BCUT2D eigenvalue weighted by atomic mass is 10.1. The van der Waals surface area contributed by atoms with E-state index in [1.807, 2.05) is 0 Å². The van der Waals surface area contributed by atoms with E-state index in [0.717, 1.165) is 0 Å². The fourth-order valence-electron chi connectivity index (χ4n) is 3.42. The van der Waals surface area contributed by atoms with Crippen molar-refractivity contribution in [1.82, 2.24) is 4.90 Å². The number of likely N-dealkylation sites (tertiary alicyclic amines) is 1. The van der Waals surface area contributed by atoms with Gasteiger partial charge in [0.15, 0.2) is 9.84 Å². The van der Waals surface area contributed by atoms with Crippen molar-refractivity contribution >= 4 is 21.6 Å². The SMILES string of the molecule is COc1ccc(S(=O)(=O)C2CCN(C(=O)Nc3ccc(OC)cc3OC)CC2)cc1. The molecule has 1 saturated heterocycles. The Kier molecular flexibility index (Phi) is 6.71. The maximum atomic E-state index is 12.9. The monoisotopic (exact) mass is 434 g/mol. The van der Waals surface area contributed by atoms with Crippen LogP contribution in [-0.4, -0.2) is 59.0 Å². The first-order chi connectivity index (χ1) is 14.4. The number of methoxy groups -OCH3 is 3. The smallest absolute Gasteiger partial charge is 0.321 e. The summed E-state index contributed by atoms with van der Waals surface area (Å²) in [4.78, 5) is 14.5. The Morgan fingerprint density at radius 2 is 1.53 bits per heavy atom. The minimum atomic E-state index is -3.46. The van der Waals surface area contributed by atoms with E-state index in [4.69, 9.17) is 14.2 Å². The number of carbonyl (C=O) groups excluding carboxylic acids is 1. The molecule has 1 heterocycles. The van der Waals surface area contributed by atoms with E-state index in [2.05, 4.69) is 5.32 Å². The zero-order valence-electron chi connectivity index (χ0n) is 17.3. The van der Waals surface area contributed by atoms with Gasteiger partial charge < -0.3 is 24.4 Å². The van der Waals surface area contributed by atoms with Gasteiger partial charge >= 0.3 is 6.03 Å². The van der Waals surface area contributed by atoms with Gasteiger partial charge in [-0.1, -0.05) is 0 Å². The molecule has 0 aromatic heterocycles. The number of anilines is 1. The fourth-order valence-corrected chi connectivity index (χ4v) is 5.15. The summed E-state index contributed by atoms with van der Waals surface area (Å²) >= 11 is 0. The molecule has 0 radical (unpaired) electrons. The number of piperidine rings is 1. The molecule has 8 nitrogen and oxygen atoms in total. The second kappa shape index (κ2) is 9.25. The molecular weight excluding hydrogens is 408 g/mol. The molecule has 2 amide bonds. The first-order valence-corrected chi connectivity index (χ1v) is 11.1. The highest BCUT2D eigenvalue weighted by atomic mass is 32.2. The maximum absolute atomic E-state index is 12.9. The van der Waals surface area contributed by atoms with Gasteiger partial charge in [-0.25, -0.2) is 13.2 Å². The number of urea groups is 1. The van der Waals surface area contributed by atoms with Crippen LogP contribution in [0.1, 0.15) is 12.8 Å². The Morgan fingerprint density at radius 3 is 2.10 bits per heavy atom. The van der Waals surface area contributed by atoms with E-state index in [-0.39, 0.29) is 10.9 Å². The molecule has 1 N–H and O–H groups in total. The van der Waals surface area contributed by atoms with Crippen LogP contribution < -0.4 is 19.5 Å². The summed E-state index contributed by atoms with van der Waals surface area (Å²) in [5, 5.41) is 2.30. The summed E-state index contributed by atoms with van der Waals surface area (Å²) in [5.74, 6) is 1.71. The van der Waals surface area contributed by atoms with Crippen LogP contribution in [0, 0.1) is 0 Å². The summed E-state index contributed by atoms with van der Waals surface area (Å²) in [6.07, 6.45) is 0.753. The van der Waals surface area contributed by atoms with Gasteiger partial charge in [-0.05, 0) is 49.2 Å². The highest BCUT2D eigenvalue weighted by Gasteiger charge is 2.33. The molecule has 0 saturated carbocycles. The number of hydrogen-bond acceptors (Lipinski definition) is 6. The molecule has 0 unspecified atom stereocenters. The van der Waals surface area contributed by atoms with Crippen LogP contribution >= 0.6 is 0 Å². The lowest BCUT2D eigenvalue weighted by molar-refractivity contribution is 0.200. The number of sulfone groups is 1. The van der Waals surface area contributed by atoms with E-state index in [9.17, 15) is 13.2 Å². The molecule has 30 heavy (non-hydrogen) atoms. The van der Waals surface area contributed by atoms with E-state index in [1.54, 1.807) is 54.5 Å². The minimum Gasteiger partial charge on any atom is -0.497 e. The molecule has 3 rings (SSSR count). The van der Waals surface area contributed by atoms with Crippen LogP contribution in [0.25, 0.3) is 0 Å². The number of amides is 2. The molecule has 1 aliphatic rings. The van der Waals surface area contributed by atoms with Crippen molar-refractivity contribution in [2.45, 2.75) is 23.0 Å². The summed E-state index contributed by atoms with van der Waals surface area (Å²) in [5.41, 5.74) is 0.524. The third kappa shape index (κ3) is 4.62. The molecule has 162 valence electrons. The van der Waals surface area contributed by atoms with Crippen LogP contribution in [-0.2, 0) is 9.84 Å². The van der Waals surface area contributed by atoms with E-state index >= 15 is 0 Å². The molecule has 0 spiro atoms. The summed E-state index contributed by atoms with van der Waals surface area (Å²) in [6, 6.07) is 11.2. The van der Waals surface area contributed by atoms with Crippen molar-refractivity contribution in [1.29, 1.82) is 0 Å². The Hall–Kier alpha value is -2.94. The van der Waals surface area contributed by atoms with Crippen molar-refractivity contribution < 1.29 is 27.4 Å². The molecule has 1 aliphatic heterocycles. The summed E-state index contributed by atoms with van der Waals surface area (Å²) < 4.78 is 41.4. The average molecular weight is 435 g/mol. The lowest BCUT2D eigenvalue weighted by Gasteiger charge is -2.32. The highest BCUT2D eigenvalue weighted by molar-refractivity contribution is 7.92. The van der Waals surface area contributed by atoms with Crippen molar-refractivity contribution in [2.24, 2.45) is 0 Å². The van der Waals surface area contributed by atoms with Crippen LogP contribution in [0.3, 0.4) is 0 Å². The average Bonchev–Trinajstić information content (AvgIpc) is 2.79. The number of ether oxygens (including phenoxy) is 3. The van der Waals surface area contributed by atoms with Crippen LogP contribution in [0.15, 0.2) is 47.4 Å². The summed E-state index contributed by atoms with van der Waals surface area (Å²) in [6.45, 7) is 0.703. The molecule has 0 bridgehead atoms. The summed E-state index contributed by atoms with van der Waals surface area (Å²) in [7, 11) is 1.14. The highest BCUT2D eigenvalue weighted by Crippen LogP contribution is 2.30. The molecule has 2 aromatic carbocycles. The van der Waals surface area contributed by atoms with Gasteiger partial charge in [0.05, 0.1) is 37.2 Å². The number of hydrogen-bond donors (Lipinski definition) is 1. The first kappa shape index (κ1) is 21.8. The number of benzene rings is 2. The Bertz CT molecular complexity index is 983. The molecule has 2 aromatic rings. The van der Waals surface area contributed by atoms with Gasteiger partial charge in [-0.15, -0.1) is 0 Å². The zero-order chi connectivity index (χ0) is 21.7. The largest absolute Gasteiger partial charge is 0.497 e. The van der Waals surface area contributed by atoms with Crippen LogP contribution in [0.2, 0.25) is 0 Å². The quantitative estimate of drug-likeness (QED) is 0.751. The Morgan fingerprint density at radius 1 is 0.933 bits per heavy atom. The fraction of sp³-hybridized carbons (Fsp3) is 0.381. The lowest BCUT2D eigenvalue weighted by Crippen LogP contribution is -2.44. The molecule has 1 fully saturated rings. The van der Waals surface area contributed by atoms with Crippen molar-refractivity contribution in [2.75, 3.05) is 39.7 Å². The maximum Gasteiger partial charge on any atom is 0.321 e. The zero-order valence-corrected chi connectivity index (χ0v) is 18.1. The van der Waals surface area contributed by atoms with Gasteiger partial charge in [-0.2, -0.15) is 0 Å². The number of rotatable bonds is 6. The minimum absolute atomic E-state index is 0.272. The number of carbonyl (C=O) groups is 1. The third-order valence-electron chi connectivity index (χ3n) is 5.21.